The number of unbranched alkanes of at least 4 members (excludes halogenated alkanes) is 3. The van der Waals surface area contributed by atoms with Crippen molar-refractivity contribution in [2.75, 3.05) is 0 Å². The standard InChI is InChI=1S/C22H30O2/c1-2-3-4-8-19(20-12-16-22(24)17-13-20)9-6-5-7-18-10-14-21(23)15-11-18/h10-17,19,23-24H,2-9H2,1H3. The van der Waals surface area contributed by atoms with Gasteiger partial charge in [0.1, 0.15) is 11.5 Å². The number of hydrogen-bond acceptors (Lipinski definition) is 2. The third-order valence-corrected chi connectivity index (χ3v) is 4.73. The quantitative estimate of drug-likeness (QED) is 0.512. The van der Waals surface area contributed by atoms with Crippen LogP contribution < -0.4 is 0 Å². The second kappa shape index (κ2) is 10.0. The zero-order valence-electron chi connectivity index (χ0n) is 14.7. The summed E-state index contributed by atoms with van der Waals surface area (Å²) >= 11 is 0. The van der Waals surface area contributed by atoms with Crippen molar-refractivity contribution in [3.05, 3.63) is 59.7 Å². The predicted molar refractivity (Wildman–Crippen MR) is 101 cm³/mol. The maximum atomic E-state index is 9.49. The van der Waals surface area contributed by atoms with Gasteiger partial charge in [0, 0.05) is 0 Å². The van der Waals surface area contributed by atoms with Crippen molar-refractivity contribution < 1.29 is 10.2 Å². The molecule has 0 saturated carbocycles. The summed E-state index contributed by atoms with van der Waals surface area (Å²) in [4.78, 5) is 0. The zero-order valence-corrected chi connectivity index (χ0v) is 14.7. The van der Waals surface area contributed by atoms with Crippen molar-refractivity contribution in [2.45, 2.75) is 64.2 Å². The average molecular weight is 326 g/mol. The van der Waals surface area contributed by atoms with Crippen LogP contribution in [0.2, 0.25) is 0 Å². The second-order valence-electron chi connectivity index (χ2n) is 6.70. The lowest BCUT2D eigenvalue weighted by Crippen LogP contribution is -2.00. The minimum atomic E-state index is 0.335. The van der Waals surface area contributed by atoms with Crippen LogP contribution in [0, 0.1) is 0 Å². The summed E-state index contributed by atoms with van der Waals surface area (Å²) in [6.07, 6.45) is 9.71. The Labute approximate surface area is 146 Å². The van der Waals surface area contributed by atoms with E-state index in [1.54, 1.807) is 24.3 Å². The highest BCUT2D eigenvalue weighted by atomic mass is 16.3. The summed E-state index contributed by atoms with van der Waals surface area (Å²) in [6, 6.07) is 15.3. The molecule has 2 rings (SSSR count). The largest absolute Gasteiger partial charge is 0.508 e. The van der Waals surface area contributed by atoms with Crippen LogP contribution in [-0.4, -0.2) is 10.2 Å². The molecule has 1 unspecified atom stereocenters. The van der Waals surface area contributed by atoms with Crippen molar-refractivity contribution in [3.8, 4) is 11.5 Å². The van der Waals surface area contributed by atoms with E-state index < -0.39 is 0 Å². The Morgan fingerprint density at radius 1 is 0.708 bits per heavy atom. The Morgan fingerprint density at radius 2 is 1.25 bits per heavy atom. The number of aryl methyl sites for hydroxylation is 1. The van der Waals surface area contributed by atoms with E-state index in [2.05, 4.69) is 19.1 Å². The second-order valence-corrected chi connectivity index (χ2v) is 6.70. The SMILES string of the molecule is CCCCCC(CCCCc1ccc(O)cc1)c1ccc(O)cc1. The fourth-order valence-electron chi connectivity index (χ4n) is 3.25. The molecule has 0 fully saturated rings. The summed E-state index contributed by atoms with van der Waals surface area (Å²) in [5.41, 5.74) is 2.65. The van der Waals surface area contributed by atoms with Gasteiger partial charge >= 0.3 is 0 Å². The average Bonchev–Trinajstić information content (AvgIpc) is 2.59. The van der Waals surface area contributed by atoms with Gasteiger partial charge in [0.05, 0.1) is 0 Å². The van der Waals surface area contributed by atoms with Gasteiger partial charge in [-0.05, 0) is 67.0 Å². The summed E-state index contributed by atoms with van der Waals surface area (Å²) < 4.78 is 0. The Balaban J connectivity index is 1.83. The Bertz CT molecular complexity index is 572. The third kappa shape index (κ3) is 6.27. The van der Waals surface area contributed by atoms with E-state index in [0.717, 1.165) is 6.42 Å². The molecule has 2 aromatic rings. The monoisotopic (exact) mass is 326 g/mol. The van der Waals surface area contributed by atoms with Crippen molar-refractivity contribution >= 4 is 0 Å². The Kier molecular flexibility index (Phi) is 7.67. The summed E-state index contributed by atoms with van der Waals surface area (Å²) in [7, 11) is 0. The molecule has 0 amide bonds. The minimum Gasteiger partial charge on any atom is -0.508 e. The molecule has 0 aliphatic heterocycles. The first-order valence-electron chi connectivity index (χ1n) is 9.26. The highest BCUT2D eigenvalue weighted by Crippen LogP contribution is 2.29. The topological polar surface area (TPSA) is 40.5 Å². The van der Waals surface area contributed by atoms with Crippen molar-refractivity contribution in [1.29, 1.82) is 0 Å². The van der Waals surface area contributed by atoms with Crippen molar-refractivity contribution in [2.24, 2.45) is 0 Å². The molecular weight excluding hydrogens is 296 g/mol. The maximum Gasteiger partial charge on any atom is 0.115 e. The van der Waals surface area contributed by atoms with Gasteiger partial charge in [0.2, 0.25) is 0 Å². The van der Waals surface area contributed by atoms with Crippen LogP contribution in [0.1, 0.15) is 68.9 Å². The van der Waals surface area contributed by atoms with Gasteiger partial charge < -0.3 is 10.2 Å². The van der Waals surface area contributed by atoms with Crippen LogP contribution >= 0.6 is 0 Å². The molecule has 2 nitrogen and oxygen atoms in total. The highest BCUT2D eigenvalue weighted by molar-refractivity contribution is 5.28. The van der Waals surface area contributed by atoms with Crippen LogP contribution in [-0.2, 0) is 6.42 Å². The van der Waals surface area contributed by atoms with Gasteiger partial charge in [0.15, 0.2) is 0 Å². The van der Waals surface area contributed by atoms with E-state index in [0.29, 0.717) is 17.4 Å². The third-order valence-electron chi connectivity index (χ3n) is 4.73. The fourth-order valence-corrected chi connectivity index (χ4v) is 3.25. The molecule has 0 bridgehead atoms. The normalized spacial score (nSPS) is 12.2. The molecule has 0 aromatic heterocycles. The maximum absolute atomic E-state index is 9.49. The zero-order chi connectivity index (χ0) is 17.2. The van der Waals surface area contributed by atoms with E-state index >= 15 is 0 Å². The predicted octanol–water partition coefficient (Wildman–Crippen LogP) is 6.17. The van der Waals surface area contributed by atoms with Gasteiger partial charge in [-0.3, -0.25) is 0 Å². The van der Waals surface area contributed by atoms with E-state index in [1.807, 2.05) is 12.1 Å². The lowest BCUT2D eigenvalue weighted by Gasteiger charge is -2.17. The van der Waals surface area contributed by atoms with Crippen molar-refractivity contribution in [3.63, 3.8) is 0 Å². The molecule has 0 aliphatic rings. The minimum absolute atomic E-state index is 0.335. The number of benzene rings is 2. The molecule has 2 N–H and O–H groups in total. The summed E-state index contributed by atoms with van der Waals surface area (Å²) in [5, 5.41) is 18.8. The van der Waals surface area contributed by atoms with Gasteiger partial charge in [-0.15, -0.1) is 0 Å². The molecule has 1 atom stereocenters. The molecule has 0 spiro atoms. The van der Waals surface area contributed by atoms with E-state index in [9.17, 15) is 10.2 Å². The van der Waals surface area contributed by atoms with Gasteiger partial charge in [-0.25, -0.2) is 0 Å². The molecule has 2 aromatic carbocycles. The lowest BCUT2D eigenvalue weighted by molar-refractivity contribution is 0.473. The van der Waals surface area contributed by atoms with Crippen LogP contribution in [0.25, 0.3) is 0 Å². The van der Waals surface area contributed by atoms with Gasteiger partial charge in [-0.1, -0.05) is 56.9 Å². The lowest BCUT2D eigenvalue weighted by atomic mass is 9.88. The van der Waals surface area contributed by atoms with Crippen LogP contribution in [0.3, 0.4) is 0 Å². The molecule has 0 radical (unpaired) electrons. The van der Waals surface area contributed by atoms with E-state index in [-0.39, 0.29) is 0 Å². The van der Waals surface area contributed by atoms with Gasteiger partial charge in [0.25, 0.3) is 0 Å². The summed E-state index contributed by atoms with van der Waals surface area (Å²) in [5.74, 6) is 1.28. The first-order chi connectivity index (χ1) is 11.7. The highest BCUT2D eigenvalue weighted by Gasteiger charge is 2.11. The number of aromatic hydroxyl groups is 2. The summed E-state index contributed by atoms with van der Waals surface area (Å²) in [6.45, 7) is 2.24. The number of phenols is 2. The van der Waals surface area contributed by atoms with Crippen LogP contribution in [0.15, 0.2) is 48.5 Å². The molecular formula is C22H30O2. The Morgan fingerprint density at radius 3 is 1.83 bits per heavy atom. The van der Waals surface area contributed by atoms with Crippen LogP contribution in [0.5, 0.6) is 11.5 Å². The van der Waals surface area contributed by atoms with E-state index in [1.165, 1.54) is 56.1 Å². The number of hydrogen-bond donors (Lipinski definition) is 2. The number of phenolic OH excluding ortho intramolecular Hbond substituents is 2. The van der Waals surface area contributed by atoms with Crippen LogP contribution in [0.4, 0.5) is 0 Å². The van der Waals surface area contributed by atoms with Crippen molar-refractivity contribution in [1.82, 2.24) is 0 Å². The first-order valence-corrected chi connectivity index (χ1v) is 9.26. The molecule has 0 heterocycles. The molecule has 0 aliphatic carbocycles. The Hall–Kier alpha value is -1.96. The molecule has 130 valence electrons. The molecule has 24 heavy (non-hydrogen) atoms. The first kappa shape index (κ1) is 18.4. The van der Waals surface area contributed by atoms with E-state index in [4.69, 9.17) is 0 Å². The fraction of sp³-hybridized carbons (Fsp3) is 0.455. The molecule has 0 saturated heterocycles. The smallest absolute Gasteiger partial charge is 0.115 e. The number of rotatable bonds is 10. The van der Waals surface area contributed by atoms with Gasteiger partial charge in [-0.2, -0.15) is 0 Å². The molecule has 2 heteroatoms.